The lowest BCUT2D eigenvalue weighted by Gasteiger charge is -2.29. The first-order chi connectivity index (χ1) is 7.97. The van der Waals surface area contributed by atoms with Gasteiger partial charge < -0.3 is 10.6 Å². The molecule has 2 nitrogen and oxygen atoms in total. The van der Waals surface area contributed by atoms with Gasteiger partial charge >= 0.3 is 0 Å². The maximum atomic E-state index is 6.32. The summed E-state index contributed by atoms with van der Waals surface area (Å²) in [4.78, 5) is 2.21. The predicted octanol–water partition coefficient (Wildman–Crippen LogP) is 3.76. The van der Waals surface area contributed by atoms with E-state index in [1.54, 1.807) is 0 Å². The highest BCUT2D eigenvalue weighted by Gasteiger charge is 2.13. The Kier molecular flexibility index (Phi) is 5.03. The molecule has 0 fully saturated rings. The summed E-state index contributed by atoms with van der Waals surface area (Å²) in [6.07, 6.45) is 1.88. The Labute approximate surface area is 109 Å². The van der Waals surface area contributed by atoms with Crippen molar-refractivity contribution in [1.82, 2.24) is 0 Å². The highest BCUT2D eigenvalue weighted by molar-refractivity contribution is 6.33. The molecule has 0 aromatic heterocycles. The van der Waals surface area contributed by atoms with Crippen molar-refractivity contribution in [3.8, 4) is 0 Å². The standard InChI is InChI=1S/C14H21ClN2/c1-5-8-17(10(2)3)14-7-6-12(11(4)16)9-13(14)15/h5-7,9-11H,1,8,16H2,2-4H3/t11-/m1/s1. The molecule has 94 valence electrons. The SMILES string of the molecule is C=CCN(c1ccc([C@@H](C)N)cc1Cl)C(C)C. The summed E-state index contributed by atoms with van der Waals surface area (Å²) >= 11 is 6.32. The van der Waals surface area contributed by atoms with Crippen molar-refractivity contribution >= 4 is 17.3 Å². The first-order valence-electron chi connectivity index (χ1n) is 5.90. The van der Waals surface area contributed by atoms with Gasteiger partial charge in [0, 0.05) is 18.6 Å². The lowest BCUT2D eigenvalue weighted by atomic mass is 10.1. The molecule has 0 spiro atoms. The van der Waals surface area contributed by atoms with Gasteiger partial charge in [0.25, 0.3) is 0 Å². The summed E-state index contributed by atoms with van der Waals surface area (Å²) in [5.41, 5.74) is 7.93. The minimum Gasteiger partial charge on any atom is -0.364 e. The fourth-order valence-corrected chi connectivity index (χ4v) is 2.06. The van der Waals surface area contributed by atoms with Gasteiger partial charge in [0.05, 0.1) is 10.7 Å². The first-order valence-corrected chi connectivity index (χ1v) is 6.27. The van der Waals surface area contributed by atoms with Crippen molar-refractivity contribution < 1.29 is 0 Å². The topological polar surface area (TPSA) is 29.3 Å². The van der Waals surface area contributed by atoms with Crippen molar-refractivity contribution in [3.63, 3.8) is 0 Å². The largest absolute Gasteiger partial charge is 0.364 e. The van der Waals surface area contributed by atoms with Crippen LogP contribution in [0.15, 0.2) is 30.9 Å². The van der Waals surface area contributed by atoms with Crippen molar-refractivity contribution in [2.75, 3.05) is 11.4 Å². The van der Waals surface area contributed by atoms with Crippen molar-refractivity contribution in [2.24, 2.45) is 5.73 Å². The molecular weight excluding hydrogens is 232 g/mol. The summed E-state index contributed by atoms with van der Waals surface area (Å²) in [7, 11) is 0. The Hall–Kier alpha value is -0.990. The van der Waals surface area contributed by atoms with Gasteiger partial charge in [-0.1, -0.05) is 23.7 Å². The van der Waals surface area contributed by atoms with Crippen LogP contribution < -0.4 is 10.6 Å². The van der Waals surface area contributed by atoms with Gasteiger partial charge in [0.15, 0.2) is 0 Å². The molecule has 0 saturated carbocycles. The van der Waals surface area contributed by atoms with Gasteiger partial charge in [-0.2, -0.15) is 0 Å². The van der Waals surface area contributed by atoms with E-state index in [4.69, 9.17) is 17.3 Å². The van der Waals surface area contributed by atoms with E-state index in [0.29, 0.717) is 6.04 Å². The number of rotatable bonds is 5. The molecule has 0 heterocycles. The quantitative estimate of drug-likeness (QED) is 0.809. The fourth-order valence-electron chi connectivity index (χ4n) is 1.77. The van der Waals surface area contributed by atoms with E-state index in [-0.39, 0.29) is 6.04 Å². The van der Waals surface area contributed by atoms with E-state index in [0.717, 1.165) is 22.8 Å². The second-order valence-corrected chi connectivity index (χ2v) is 4.94. The molecule has 1 aromatic rings. The van der Waals surface area contributed by atoms with E-state index in [2.05, 4.69) is 25.3 Å². The van der Waals surface area contributed by atoms with Crippen LogP contribution in [-0.2, 0) is 0 Å². The van der Waals surface area contributed by atoms with Gasteiger partial charge in [-0.05, 0) is 38.5 Å². The molecular formula is C14H21ClN2. The van der Waals surface area contributed by atoms with E-state index in [1.165, 1.54) is 0 Å². The van der Waals surface area contributed by atoms with Crippen LogP contribution in [0.4, 0.5) is 5.69 Å². The van der Waals surface area contributed by atoms with Crippen LogP contribution in [0.25, 0.3) is 0 Å². The second kappa shape index (κ2) is 6.08. The zero-order valence-electron chi connectivity index (χ0n) is 10.8. The summed E-state index contributed by atoms with van der Waals surface area (Å²) in [5.74, 6) is 0. The van der Waals surface area contributed by atoms with Crippen molar-refractivity contribution in [1.29, 1.82) is 0 Å². The Morgan fingerprint density at radius 1 is 1.41 bits per heavy atom. The van der Waals surface area contributed by atoms with Crippen molar-refractivity contribution in [3.05, 3.63) is 41.4 Å². The van der Waals surface area contributed by atoms with Gasteiger partial charge in [0.2, 0.25) is 0 Å². The van der Waals surface area contributed by atoms with Gasteiger partial charge in [0.1, 0.15) is 0 Å². The van der Waals surface area contributed by atoms with E-state index in [1.807, 2.05) is 31.2 Å². The molecule has 1 aromatic carbocycles. The number of anilines is 1. The summed E-state index contributed by atoms with van der Waals surface area (Å²) < 4.78 is 0. The first kappa shape index (κ1) is 14.1. The van der Waals surface area contributed by atoms with Crippen LogP contribution in [0.5, 0.6) is 0 Å². The van der Waals surface area contributed by atoms with Crippen LogP contribution in [0.2, 0.25) is 5.02 Å². The Morgan fingerprint density at radius 2 is 2.06 bits per heavy atom. The Balaban J connectivity index is 3.08. The number of nitrogens with zero attached hydrogens (tertiary/aromatic N) is 1. The highest BCUT2D eigenvalue weighted by atomic mass is 35.5. The Bertz CT molecular complexity index is 386. The minimum atomic E-state index is 0.00783. The fraction of sp³-hybridized carbons (Fsp3) is 0.429. The molecule has 0 saturated heterocycles. The third-order valence-corrected chi connectivity index (χ3v) is 3.06. The lowest BCUT2D eigenvalue weighted by Crippen LogP contribution is -2.31. The van der Waals surface area contributed by atoms with Crippen LogP contribution in [0.3, 0.4) is 0 Å². The molecule has 0 aliphatic carbocycles. The smallest absolute Gasteiger partial charge is 0.0643 e. The predicted molar refractivity (Wildman–Crippen MR) is 76.7 cm³/mol. The molecule has 0 aliphatic heterocycles. The molecule has 3 heteroatoms. The summed E-state index contributed by atoms with van der Waals surface area (Å²) in [6.45, 7) is 10.8. The van der Waals surface area contributed by atoms with Crippen LogP contribution >= 0.6 is 11.6 Å². The van der Waals surface area contributed by atoms with E-state index in [9.17, 15) is 0 Å². The van der Waals surface area contributed by atoms with Gasteiger partial charge in [-0.25, -0.2) is 0 Å². The van der Waals surface area contributed by atoms with Crippen LogP contribution in [0, 0.1) is 0 Å². The third-order valence-electron chi connectivity index (χ3n) is 2.76. The highest BCUT2D eigenvalue weighted by Crippen LogP contribution is 2.29. The summed E-state index contributed by atoms with van der Waals surface area (Å²) in [6, 6.07) is 6.40. The van der Waals surface area contributed by atoms with Gasteiger partial charge in [-0.15, -0.1) is 6.58 Å². The monoisotopic (exact) mass is 252 g/mol. The zero-order chi connectivity index (χ0) is 13.0. The van der Waals surface area contributed by atoms with Crippen LogP contribution in [0.1, 0.15) is 32.4 Å². The maximum Gasteiger partial charge on any atom is 0.0643 e. The molecule has 0 unspecified atom stereocenters. The van der Waals surface area contributed by atoms with Gasteiger partial charge in [-0.3, -0.25) is 0 Å². The number of hydrogen-bond donors (Lipinski definition) is 1. The molecule has 17 heavy (non-hydrogen) atoms. The number of hydrogen-bond acceptors (Lipinski definition) is 2. The van der Waals surface area contributed by atoms with Crippen LogP contribution in [-0.4, -0.2) is 12.6 Å². The number of halogens is 1. The maximum absolute atomic E-state index is 6.32. The molecule has 0 bridgehead atoms. The average molecular weight is 253 g/mol. The zero-order valence-corrected chi connectivity index (χ0v) is 11.5. The number of benzene rings is 1. The van der Waals surface area contributed by atoms with Crippen molar-refractivity contribution in [2.45, 2.75) is 32.9 Å². The molecule has 0 amide bonds. The average Bonchev–Trinajstić information content (AvgIpc) is 2.26. The molecule has 0 aliphatic rings. The minimum absolute atomic E-state index is 0.00783. The number of nitrogens with two attached hydrogens (primary N) is 1. The lowest BCUT2D eigenvalue weighted by molar-refractivity contribution is 0.722. The molecule has 2 N–H and O–H groups in total. The molecule has 1 rings (SSSR count). The normalized spacial score (nSPS) is 12.6. The Morgan fingerprint density at radius 3 is 2.47 bits per heavy atom. The molecule has 1 atom stereocenters. The third kappa shape index (κ3) is 3.48. The van der Waals surface area contributed by atoms with E-state index >= 15 is 0 Å². The molecule has 0 radical (unpaired) electrons. The summed E-state index contributed by atoms with van der Waals surface area (Å²) in [5, 5.41) is 0.746. The van der Waals surface area contributed by atoms with E-state index < -0.39 is 0 Å². The second-order valence-electron chi connectivity index (χ2n) is 4.53.